The molecule has 0 aliphatic carbocycles. The van der Waals surface area contributed by atoms with Crippen molar-refractivity contribution in [3.05, 3.63) is 16.8 Å². The maximum Gasteiger partial charge on any atom is 0.309 e. The quantitative estimate of drug-likeness (QED) is 0.734. The predicted octanol–water partition coefficient (Wildman–Crippen LogP) is 2.19. The number of aryl methyl sites for hydroxylation is 2. The molecule has 2 aromatic heterocycles. The highest BCUT2D eigenvalue weighted by molar-refractivity contribution is 7.17. The van der Waals surface area contributed by atoms with Crippen LogP contribution in [0.3, 0.4) is 0 Å². The molecule has 0 amide bonds. The lowest BCUT2D eigenvalue weighted by atomic mass is 10.3. The fourth-order valence-electron chi connectivity index (χ4n) is 1.59. The van der Waals surface area contributed by atoms with E-state index >= 15 is 0 Å². The summed E-state index contributed by atoms with van der Waals surface area (Å²) in [5.41, 5.74) is 1.22. The standard InChI is InChI=1S/C10H12N2O2S/c1-4-8-6(2)15-10-11-9(5-12(8)10)14-7(3)13/h5H,4H2,1-3H3. The van der Waals surface area contributed by atoms with Gasteiger partial charge >= 0.3 is 5.97 Å². The number of carbonyl (C=O) groups is 1. The molecule has 2 aromatic rings. The van der Waals surface area contributed by atoms with Crippen LogP contribution in [0.5, 0.6) is 5.88 Å². The van der Waals surface area contributed by atoms with Crippen molar-refractivity contribution >= 4 is 22.3 Å². The van der Waals surface area contributed by atoms with Crippen LogP contribution in [0.2, 0.25) is 0 Å². The van der Waals surface area contributed by atoms with Gasteiger partial charge < -0.3 is 4.74 Å². The van der Waals surface area contributed by atoms with Crippen molar-refractivity contribution in [3.63, 3.8) is 0 Å². The molecule has 0 spiro atoms. The first-order valence-corrected chi connectivity index (χ1v) is 5.59. The number of rotatable bonds is 2. The second-order valence-corrected chi connectivity index (χ2v) is 4.47. The van der Waals surface area contributed by atoms with Crippen LogP contribution < -0.4 is 4.74 Å². The molecule has 2 rings (SSSR count). The van der Waals surface area contributed by atoms with Gasteiger partial charge in [-0.1, -0.05) is 6.92 Å². The van der Waals surface area contributed by atoms with E-state index in [0.29, 0.717) is 5.88 Å². The van der Waals surface area contributed by atoms with E-state index in [9.17, 15) is 4.79 Å². The normalized spacial score (nSPS) is 10.9. The third kappa shape index (κ3) is 1.74. The summed E-state index contributed by atoms with van der Waals surface area (Å²) in [6.45, 7) is 5.54. The van der Waals surface area contributed by atoms with Crippen molar-refractivity contribution in [1.29, 1.82) is 0 Å². The van der Waals surface area contributed by atoms with Crippen LogP contribution in [-0.4, -0.2) is 15.4 Å². The number of nitrogens with zero attached hydrogens (tertiary/aromatic N) is 2. The van der Waals surface area contributed by atoms with Gasteiger partial charge in [-0.05, 0) is 13.3 Å². The second-order valence-electron chi connectivity index (χ2n) is 3.28. The summed E-state index contributed by atoms with van der Waals surface area (Å²) in [4.78, 5) is 17.1. The van der Waals surface area contributed by atoms with Crippen LogP contribution in [0.15, 0.2) is 6.20 Å². The summed E-state index contributed by atoms with van der Waals surface area (Å²) in [6, 6.07) is 0. The fraction of sp³-hybridized carbons (Fsp3) is 0.400. The largest absolute Gasteiger partial charge is 0.406 e. The summed E-state index contributed by atoms with van der Waals surface area (Å²) in [5, 5.41) is 0. The number of ether oxygens (including phenoxy) is 1. The van der Waals surface area contributed by atoms with Gasteiger partial charge in [-0.25, -0.2) is 0 Å². The van der Waals surface area contributed by atoms with Gasteiger partial charge in [-0.15, -0.1) is 11.3 Å². The third-order valence-electron chi connectivity index (χ3n) is 2.18. The van der Waals surface area contributed by atoms with Crippen LogP contribution >= 0.6 is 11.3 Å². The lowest BCUT2D eigenvalue weighted by Gasteiger charge is -1.95. The Hall–Kier alpha value is -1.36. The van der Waals surface area contributed by atoms with E-state index in [1.807, 2.05) is 4.40 Å². The van der Waals surface area contributed by atoms with Crippen molar-refractivity contribution in [2.75, 3.05) is 0 Å². The van der Waals surface area contributed by atoms with Crippen molar-refractivity contribution in [3.8, 4) is 5.88 Å². The summed E-state index contributed by atoms with van der Waals surface area (Å²) in [6.07, 6.45) is 2.71. The van der Waals surface area contributed by atoms with Crippen LogP contribution in [-0.2, 0) is 11.2 Å². The smallest absolute Gasteiger partial charge is 0.309 e. The Balaban J connectivity index is 2.48. The Kier molecular flexibility index (Phi) is 2.48. The van der Waals surface area contributed by atoms with E-state index in [1.165, 1.54) is 17.5 Å². The fourth-order valence-corrected chi connectivity index (χ4v) is 2.62. The van der Waals surface area contributed by atoms with Crippen LogP contribution in [0.4, 0.5) is 0 Å². The number of hydrogen-bond donors (Lipinski definition) is 0. The van der Waals surface area contributed by atoms with Gasteiger partial charge in [0.1, 0.15) is 0 Å². The van der Waals surface area contributed by atoms with Gasteiger partial charge in [0.15, 0.2) is 4.96 Å². The van der Waals surface area contributed by atoms with E-state index in [1.54, 1.807) is 17.5 Å². The van der Waals surface area contributed by atoms with Crippen LogP contribution in [0.25, 0.3) is 4.96 Å². The van der Waals surface area contributed by atoms with Crippen LogP contribution in [0.1, 0.15) is 24.4 Å². The molecule has 0 aliphatic rings. The molecule has 80 valence electrons. The highest BCUT2D eigenvalue weighted by atomic mass is 32.1. The molecular formula is C10H12N2O2S. The van der Waals surface area contributed by atoms with Gasteiger partial charge in [0.25, 0.3) is 0 Å². The Labute approximate surface area is 91.5 Å². The first-order valence-electron chi connectivity index (χ1n) is 4.77. The number of esters is 1. The number of imidazole rings is 1. The molecule has 0 saturated heterocycles. The first-order chi connectivity index (χ1) is 7.11. The maximum absolute atomic E-state index is 10.8. The van der Waals surface area contributed by atoms with Gasteiger partial charge in [-0.2, -0.15) is 4.98 Å². The molecule has 0 fully saturated rings. The molecular weight excluding hydrogens is 212 g/mol. The molecule has 0 aliphatic heterocycles. The molecule has 0 radical (unpaired) electrons. The average molecular weight is 224 g/mol. The molecule has 0 N–H and O–H groups in total. The monoisotopic (exact) mass is 224 g/mol. The van der Waals surface area contributed by atoms with Gasteiger partial charge in [0.2, 0.25) is 5.88 Å². The molecule has 0 saturated carbocycles. The van der Waals surface area contributed by atoms with E-state index in [4.69, 9.17) is 4.74 Å². The number of carbonyl (C=O) groups excluding carboxylic acids is 1. The molecule has 0 unspecified atom stereocenters. The summed E-state index contributed by atoms with van der Waals surface area (Å²) < 4.78 is 6.92. The van der Waals surface area contributed by atoms with E-state index < -0.39 is 0 Å². The Morgan fingerprint density at radius 1 is 1.67 bits per heavy atom. The highest BCUT2D eigenvalue weighted by Crippen LogP contribution is 2.25. The van der Waals surface area contributed by atoms with Crippen molar-refractivity contribution in [1.82, 2.24) is 9.38 Å². The third-order valence-corrected chi connectivity index (χ3v) is 3.19. The molecule has 15 heavy (non-hydrogen) atoms. The highest BCUT2D eigenvalue weighted by Gasteiger charge is 2.11. The summed E-state index contributed by atoms with van der Waals surface area (Å²) in [5.74, 6) is 0.0407. The zero-order valence-electron chi connectivity index (χ0n) is 8.90. The summed E-state index contributed by atoms with van der Waals surface area (Å²) >= 11 is 1.61. The lowest BCUT2D eigenvalue weighted by Crippen LogP contribution is -2.01. The van der Waals surface area contributed by atoms with Crippen molar-refractivity contribution in [2.24, 2.45) is 0 Å². The minimum atomic E-state index is -0.337. The molecule has 0 atom stereocenters. The topological polar surface area (TPSA) is 43.6 Å². The minimum Gasteiger partial charge on any atom is -0.406 e. The molecule has 2 heterocycles. The van der Waals surface area contributed by atoms with E-state index in [0.717, 1.165) is 11.4 Å². The Morgan fingerprint density at radius 2 is 2.40 bits per heavy atom. The molecule has 4 nitrogen and oxygen atoms in total. The average Bonchev–Trinajstić information content (AvgIpc) is 2.59. The maximum atomic E-state index is 10.8. The van der Waals surface area contributed by atoms with E-state index in [2.05, 4.69) is 18.8 Å². The van der Waals surface area contributed by atoms with Crippen molar-refractivity contribution < 1.29 is 9.53 Å². The SMILES string of the molecule is CCc1c(C)sc2nc(OC(C)=O)cn12. The van der Waals surface area contributed by atoms with Crippen LogP contribution in [0, 0.1) is 6.92 Å². The number of hydrogen-bond acceptors (Lipinski definition) is 4. The molecule has 0 bridgehead atoms. The van der Waals surface area contributed by atoms with Gasteiger partial charge in [0, 0.05) is 17.5 Å². The van der Waals surface area contributed by atoms with Crippen molar-refractivity contribution in [2.45, 2.75) is 27.2 Å². The second kappa shape index (κ2) is 3.66. The predicted molar refractivity (Wildman–Crippen MR) is 58.5 cm³/mol. The number of fused-ring (bicyclic) bond motifs is 1. The van der Waals surface area contributed by atoms with E-state index in [-0.39, 0.29) is 5.97 Å². The van der Waals surface area contributed by atoms with Gasteiger partial charge in [0.05, 0.1) is 6.20 Å². The molecule has 5 heteroatoms. The zero-order valence-corrected chi connectivity index (χ0v) is 9.72. The lowest BCUT2D eigenvalue weighted by molar-refractivity contribution is -0.132. The molecule has 0 aromatic carbocycles. The summed E-state index contributed by atoms with van der Waals surface area (Å²) in [7, 11) is 0. The van der Waals surface area contributed by atoms with Gasteiger partial charge in [-0.3, -0.25) is 9.20 Å². The Bertz CT molecular complexity index is 513. The first kappa shape index (κ1) is 10.2. The number of aromatic nitrogens is 2. The number of thiazole rings is 1. The Morgan fingerprint density at radius 3 is 3.00 bits per heavy atom. The zero-order chi connectivity index (χ0) is 11.0. The minimum absolute atomic E-state index is 0.337.